The van der Waals surface area contributed by atoms with E-state index in [0.717, 1.165) is 38.1 Å². The molecule has 2 saturated carbocycles. The van der Waals surface area contributed by atoms with Gasteiger partial charge in [0, 0.05) is 42.9 Å². The fourth-order valence-corrected chi connectivity index (χ4v) is 7.16. The number of aromatic nitrogens is 5. The highest BCUT2D eigenvalue weighted by Gasteiger charge is 2.48. The Morgan fingerprint density at radius 1 is 1.04 bits per heavy atom. The second kappa shape index (κ2) is 11.3. The van der Waals surface area contributed by atoms with E-state index in [-0.39, 0.29) is 49.8 Å². The van der Waals surface area contributed by atoms with Gasteiger partial charge in [-0.25, -0.2) is 32.8 Å². The van der Waals surface area contributed by atoms with Crippen molar-refractivity contribution in [1.82, 2.24) is 29.6 Å². The number of anilines is 1. The zero-order valence-corrected chi connectivity index (χ0v) is 25.5. The van der Waals surface area contributed by atoms with Gasteiger partial charge in [-0.2, -0.15) is 5.10 Å². The molecule has 1 saturated heterocycles. The molecule has 0 spiro atoms. The number of nitrogens with zero attached hydrogens (tertiary/aromatic N) is 7. The van der Waals surface area contributed by atoms with Gasteiger partial charge in [-0.1, -0.05) is 6.07 Å². The van der Waals surface area contributed by atoms with Crippen molar-refractivity contribution in [3.8, 4) is 16.9 Å². The molecule has 0 bridgehead atoms. The number of pyridine rings is 1. The molecule has 8 rings (SSSR count). The molecule has 2 N–H and O–H groups in total. The van der Waals surface area contributed by atoms with Crippen LogP contribution in [0.5, 0.6) is 5.75 Å². The van der Waals surface area contributed by atoms with Crippen LogP contribution in [-0.4, -0.2) is 73.1 Å². The number of hydrogen-bond donors (Lipinski definition) is 1. The summed E-state index contributed by atoms with van der Waals surface area (Å²) in [5, 5.41) is 5.44. The first kappa shape index (κ1) is 29.8. The van der Waals surface area contributed by atoms with Crippen LogP contribution in [0.1, 0.15) is 66.4 Å². The fraction of sp³-hybridized carbons (Fsp3) is 0.455. The molecule has 2 aliphatic carbocycles. The Hall–Kier alpha value is -4.59. The lowest BCUT2D eigenvalue weighted by Crippen LogP contribution is -2.53. The van der Waals surface area contributed by atoms with E-state index >= 15 is 0 Å². The number of ether oxygens (including phenoxy) is 1. The smallest absolute Gasteiger partial charge is 0.265 e. The molecule has 0 radical (unpaired) electrons. The molecule has 4 aromatic rings. The highest BCUT2D eigenvalue weighted by atomic mass is 19.3. The molecule has 0 atom stereocenters. The number of hydrogen-bond acceptors (Lipinski definition) is 8. The van der Waals surface area contributed by atoms with Gasteiger partial charge in [-0.15, -0.1) is 0 Å². The number of likely N-dealkylation sites (tertiary alicyclic amines) is 1. The molecule has 3 fully saturated rings. The molecular weight excluding hydrogens is 613 g/mol. The molecule has 2 aliphatic heterocycles. The van der Waals surface area contributed by atoms with Gasteiger partial charge in [0.25, 0.3) is 17.7 Å². The van der Waals surface area contributed by atoms with Crippen LogP contribution in [0.2, 0.25) is 0 Å². The van der Waals surface area contributed by atoms with E-state index in [0.29, 0.717) is 70.3 Å². The Labute approximate surface area is 267 Å². The molecule has 5 heterocycles. The molecule has 2 amide bonds. The number of primary amides is 1. The van der Waals surface area contributed by atoms with Crippen molar-refractivity contribution >= 4 is 28.5 Å². The summed E-state index contributed by atoms with van der Waals surface area (Å²) in [4.78, 5) is 42.7. The number of alkyl halides is 2. The predicted octanol–water partition coefficient (Wildman–Crippen LogP) is 4.44. The Balaban J connectivity index is 1.16. The van der Waals surface area contributed by atoms with Gasteiger partial charge in [0.05, 0.1) is 48.1 Å². The number of piperidine rings is 1. The standard InChI is InChI=1S/C33H33F3N8O3/c34-20-13-38-27(39-14-20)16-43-25-4-3-19(10-26(25)47-17-28(43)45)29-23-15-40-44(21-5-7-42(8-6-21)22-11-33(35,36)12-22)32(23)41-24(9-18-1-2-18)30(29)31(37)46/h3-4,10,13-15,18,21-22H,1-2,5-9,11-12,16-17H2,(H2,37,46). The van der Waals surface area contributed by atoms with E-state index in [2.05, 4.69) is 14.9 Å². The monoisotopic (exact) mass is 646 g/mol. The van der Waals surface area contributed by atoms with Crippen LogP contribution in [0.25, 0.3) is 22.2 Å². The molecule has 1 aromatic carbocycles. The molecular formula is C33H33F3N8O3. The molecule has 244 valence electrons. The van der Waals surface area contributed by atoms with E-state index in [1.807, 2.05) is 10.7 Å². The van der Waals surface area contributed by atoms with Crippen LogP contribution in [-0.2, 0) is 17.8 Å². The van der Waals surface area contributed by atoms with E-state index in [9.17, 15) is 22.8 Å². The number of amides is 2. The van der Waals surface area contributed by atoms with Gasteiger partial charge in [-0.05, 0) is 55.7 Å². The number of carbonyl (C=O) groups is 2. The van der Waals surface area contributed by atoms with E-state index in [1.165, 1.54) is 4.90 Å². The number of fused-ring (bicyclic) bond motifs is 2. The Kier molecular flexibility index (Phi) is 7.15. The van der Waals surface area contributed by atoms with Gasteiger partial charge >= 0.3 is 0 Å². The summed E-state index contributed by atoms with van der Waals surface area (Å²) in [6.07, 6.45) is 7.88. The minimum absolute atomic E-state index is 0.0259. The van der Waals surface area contributed by atoms with Crippen molar-refractivity contribution < 1.29 is 27.5 Å². The second-order valence-corrected chi connectivity index (χ2v) is 13.1. The van der Waals surface area contributed by atoms with E-state index in [4.69, 9.17) is 20.6 Å². The molecule has 11 nitrogen and oxygen atoms in total. The second-order valence-electron chi connectivity index (χ2n) is 13.1. The summed E-state index contributed by atoms with van der Waals surface area (Å²) in [5.74, 6) is -2.89. The van der Waals surface area contributed by atoms with Crippen LogP contribution in [0.4, 0.5) is 18.9 Å². The van der Waals surface area contributed by atoms with Gasteiger partial charge in [0.1, 0.15) is 11.6 Å². The number of halogens is 3. The first-order valence-electron chi connectivity index (χ1n) is 16.0. The first-order chi connectivity index (χ1) is 22.6. The van der Waals surface area contributed by atoms with Crippen LogP contribution in [0.3, 0.4) is 0 Å². The van der Waals surface area contributed by atoms with Crippen molar-refractivity contribution in [2.24, 2.45) is 11.7 Å². The third kappa shape index (κ3) is 5.57. The van der Waals surface area contributed by atoms with Crippen LogP contribution < -0.4 is 15.4 Å². The average molecular weight is 647 g/mol. The summed E-state index contributed by atoms with van der Waals surface area (Å²) in [6, 6.07) is 5.29. The van der Waals surface area contributed by atoms with Gasteiger partial charge in [0.15, 0.2) is 18.1 Å². The minimum Gasteiger partial charge on any atom is -0.482 e. The van der Waals surface area contributed by atoms with Crippen LogP contribution in [0, 0.1) is 11.7 Å². The number of benzene rings is 1. The van der Waals surface area contributed by atoms with Crippen molar-refractivity contribution in [3.05, 3.63) is 59.7 Å². The number of nitrogens with two attached hydrogens (primary N) is 1. The molecule has 4 aliphatic rings. The largest absolute Gasteiger partial charge is 0.482 e. The lowest BCUT2D eigenvalue weighted by atomic mass is 9.85. The number of carbonyl (C=O) groups excluding carboxylic acids is 2. The zero-order valence-electron chi connectivity index (χ0n) is 25.5. The summed E-state index contributed by atoms with van der Waals surface area (Å²) in [7, 11) is 0. The van der Waals surface area contributed by atoms with Crippen molar-refractivity contribution in [2.45, 2.75) is 69.5 Å². The van der Waals surface area contributed by atoms with Crippen molar-refractivity contribution in [2.75, 3.05) is 24.6 Å². The van der Waals surface area contributed by atoms with E-state index < -0.39 is 17.6 Å². The Morgan fingerprint density at radius 2 is 1.79 bits per heavy atom. The van der Waals surface area contributed by atoms with Crippen LogP contribution in [0.15, 0.2) is 36.8 Å². The Morgan fingerprint density at radius 3 is 2.47 bits per heavy atom. The highest BCUT2D eigenvalue weighted by molar-refractivity contribution is 6.09. The quantitative estimate of drug-likeness (QED) is 0.297. The lowest BCUT2D eigenvalue weighted by molar-refractivity contribution is -0.128. The third-order valence-electron chi connectivity index (χ3n) is 9.84. The summed E-state index contributed by atoms with van der Waals surface area (Å²) < 4.78 is 48.2. The third-order valence-corrected chi connectivity index (χ3v) is 9.84. The maximum absolute atomic E-state index is 13.5. The zero-order chi connectivity index (χ0) is 32.4. The lowest BCUT2D eigenvalue weighted by Gasteiger charge is -2.45. The topological polar surface area (TPSA) is 132 Å². The molecule has 3 aromatic heterocycles. The van der Waals surface area contributed by atoms with Crippen molar-refractivity contribution in [3.63, 3.8) is 0 Å². The molecule has 14 heteroatoms. The first-order valence-corrected chi connectivity index (χ1v) is 16.0. The van der Waals surface area contributed by atoms with Gasteiger partial charge < -0.3 is 10.5 Å². The van der Waals surface area contributed by atoms with Gasteiger partial charge in [0.2, 0.25) is 0 Å². The SMILES string of the molecule is NC(=O)c1c(CC2CC2)nc2c(cnn2C2CCN(C3CC(F)(F)C3)CC2)c1-c1ccc2c(c1)OCC(=O)N2Cc1ncc(F)cn1. The predicted molar refractivity (Wildman–Crippen MR) is 164 cm³/mol. The van der Waals surface area contributed by atoms with Crippen LogP contribution >= 0.6 is 0 Å². The van der Waals surface area contributed by atoms with Crippen molar-refractivity contribution in [1.29, 1.82) is 0 Å². The number of rotatable bonds is 8. The molecule has 47 heavy (non-hydrogen) atoms. The summed E-state index contributed by atoms with van der Waals surface area (Å²) in [6.45, 7) is 1.22. The fourth-order valence-electron chi connectivity index (χ4n) is 7.16. The molecule has 0 unspecified atom stereocenters. The average Bonchev–Trinajstić information content (AvgIpc) is 3.76. The highest BCUT2D eigenvalue weighted by Crippen LogP contribution is 2.44. The maximum Gasteiger partial charge on any atom is 0.265 e. The summed E-state index contributed by atoms with van der Waals surface area (Å²) in [5.41, 5.74) is 9.44. The van der Waals surface area contributed by atoms with Gasteiger partial charge in [-0.3, -0.25) is 19.4 Å². The summed E-state index contributed by atoms with van der Waals surface area (Å²) >= 11 is 0. The normalized spacial score (nSPS) is 20.2. The minimum atomic E-state index is -2.55. The van der Waals surface area contributed by atoms with E-state index in [1.54, 1.807) is 18.3 Å². The Bertz CT molecular complexity index is 1880. The maximum atomic E-state index is 13.5.